The Bertz CT molecular complexity index is 3650. The number of benzene rings is 10. The zero-order valence-electron chi connectivity index (χ0n) is 39.5. The van der Waals surface area contributed by atoms with Crippen LogP contribution in [-0.2, 0) is 10.8 Å². The molecule has 0 amide bonds. The number of aromatic nitrogens is 1. The van der Waals surface area contributed by atoms with Gasteiger partial charge >= 0.3 is 0 Å². The van der Waals surface area contributed by atoms with Crippen LogP contribution in [0.3, 0.4) is 0 Å². The van der Waals surface area contributed by atoms with Gasteiger partial charge in [0.25, 0.3) is 0 Å². The first-order chi connectivity index (χ1) is 33.0. The molecule has 0 spiro atoms. The zero-order valence-corrected chi connectivity index (χ0v) is 39.5. The number of hydrogen-bond donors (Lipinski definition) is 0. The number of furan rings is 1. The van der Waals surface area contributed by atoms with Crippen molar-refractivity contribution in [2.24, 2.45) is 0 Å². The van der Waals surface area contributed by atoms with Crippen molar-refractivity contribution in [3.63, 3.8) is 0 Å². The molecule has 0 fully saturated rings. The second-order valence-electron chi connectivity index (χ2n) is 20.2. The van der Waals surface area contributed by atoms with Gasteiger partial charge in [-0.2, -0.15) is 0 Å². The summed E-state index contributed by atoms with van der Waals surface area (Å²) in [4.78, 5) is 4.86. The molecular weight excluding hydrogens is 827 g/mol. The molecule has 0 unspecified atom stereocenters. The molecule has 12 aromatic rings. The summed E-state index contributed by atoms with van der Waals surface area (Å²) in [6.45, 7) is 13.6. The smallest absolute Gasteiger partial charge is 0.159 e. The number of hydrogen-bond acceptors (Lipinski definition) is 3. The van der Waals surface area contributed by atoms with Crippen LogP contribution in [0.2, 0.25) is 0 Å². The maximum Gasteiger partial charge on any atom is 0.159 e. The van der Waals surface area contributed by atoms with E-state index in [4.69, 9.17) is 4.42 Å². The van der Waals surface area contributed by atoms with Crippen LogP contribution < -0.4 is 9.80 Å². The lowest BCUT2D eigenvalue weighted by atomic mass is 9.87. The maximum absolute atomic E-state index is 6.95. The summed E-state index contributed by atoms with van der Waals surface area (Å²) in [5.41, 5.74) is 14.1. The summed E-state index contributed by atoms with van der Waals surface area (Å²) in [6, 6.07) is 77.7. The number of fused-ring (bicyclic) bond motifs is 10. The van der Waals surface area contributed by atoms with Crippen LogP contribution >= 0.6 is 0 Å². The summed E-state index contributed by atoms with van der Waals surface area (Å²) in [5, 5.41) is 9.30. The molecular formula is C64H53N3O. The van der Waals surface area contributed by atoms with E-state index in [-0.39, 0.29) is 10.8 Å². The Labute approximate surface area is 397 Å². The van der Waals surface area contributed by atoms with E-state index in [2.05, 4.69) is 268 Å². The monoisotopic (exact) mass is 879 g/mol. The minimum absolute atomic E-state index is 0.0217. The van der Waals surface area contributed by atoms with Crippen LogP contribution in [0, 0.1) is 0 Å². The number of para-hydroxylation sites is 4. The lowest BCUT2D eigenvalue weighted by Crippen LogP contribution is -2.13. The first kappa shape index (κ1) is 41.4. The highest BCUT2D eigenvalue weighted by Crippen LogP contribution is 2.51. The van der Waals surface area contributed by atoms with E-state index in [1.54, 1.807) is 0 Å². The molecule has 4 nitrogen and oxygen atoms in total. The van der Waals surface area contributed by atoms with Crippen LogP contribution in [-0.4, -0.2) is 4.57 Å². The minimum atomic E-state index is 0.0217. The average molecular weight is 880 g/mol. The molecule has 4 heteroatoms. The van der Waals surface area contributed by atoms with Crippen molar-refractivity contribution in [3.8, 4) is 5.69 Å². The predicted octanol–water partition coefficient (Wildman–Crippen LogP) is 18.5. The van der Waals surface area contributed by atoms with Gasteiger partial charge in [0.2, 0.25) is 0 Å². The van der Waals surface area contributed by atoms with Gasteiger partial charge in [-0.3, -0.25) is 0 Å². The lowest BCUT2D eigenvalue weighted by molar-refractivity contribution is 0.590. The SMILES string of the molecule is CC(C)(C)c1ccc(N(c2ccccc2)c2cc3c(c4ccccc24)c2c4ccccc4c(N(c4ccccc4)c4ccc(C(C)(C)C)cc4)cc2n3-c2cccc3c2oc2ccccc23)cc1. The van der Waals surface area contributed by atoms with Crippen LogP contribution in [0.1, 0.15) is 52.7 Å². The fourth-order valence-electron chi connectivity index (χ4n) is 10.5. The highest BCUT2D eigenvalue weighted by Gasteiger charge is 2.27. The van der Waals surface area contributed by atoms with Crippen LogP contribution in [0.4, 0.5) is 34.1 Å². The molecule has 0 saturated carbocycles. The van der Waals surface area contributed by atoms with E-state index in [0.717, 1.165) is 72.8 Å². The van der Waals surface area contributed by atoms with Crippen molar-refractivity contribution in [2.75, 3.05) is 9.80 Å². The second-order valence-corrected chi connectivity index (χ2v) is 20.2. The van der Waals surface area contributed by atoms with Gasteiger partial charge < -0.3 is 18.8 Å². The van der Waals surface area contributed by atoms with E-state index >= 15 is 0 Å². The summed E-state index contributed by atoms with van der Waals surface area (Å²) >= 11 is 0. The van der Waals surface area contributed by atoms with Gasteiger partial charge in [0.1, 0.15) is 5.58 Å². The van der Waals surface area contributed by atoms with Gasteiger partial charge in [-0.05, 0) is 106 Å². The van der Waals surface area contributed by atoms with Crippen molar-refractivity contribution < 1.29 is 4.42 Å². The largest absolute Gasteiger partial charge is 0.454 e. The quantitative estimate of drug-likeness (QED) is 0.159. The molecule has 0 atom stereocenters. The molecule has 0 N–H and O–H groups in total. The molecule has 2 heterocycles. The molecule has 10 aromatic carbocycles. The summed E-state index contributed by atoms with van der Waals surface area (Å²) in [6.07, 6.45) is 0. The second kappa shape index (κ2) is 15.8. The van der Waals surface area contributed by atoms with E-state index in [9.17, 15) is 0 Å². The topological polar surface area (TPSA) is 24.6 Å². The maximum atomic E-state index is 6.95. The highest BCUT2D eigenvalue weighted by molar-refractivity contribution is 6.32. The van der Waals surface area contributed by atoms with Gasteiger partial charge in [0.15, 0.2) is 5.58 Å². The molecule has 0 bridgehead atoms. The van der Waals surface area contributed by atoms with Crippen molar-refractivity contribution in [2.45, 2.75) is 52.4 Å². The zero-order chi connectivity index (χ0) is 46.3. The molecule has 330 valence electrons. The van der Waals surface area contributed by atoms with Crippen molar-refractivity contribution in [1.29, 1.82) is 0 Å². The Morgan fingerprint density at radius 1 is 0.353 bits per heavy atom. The summed E-state index contributed by atoms with van der Waals surface area (Å²) in [7, 11) is 0. The molecule has 0 aliphatic heterocycles. The Kier molecular flexibility index (Phi) is 9.60. The van der Waals surface area contributed by atoms with Gasteiger partial charge in [-0.15, -0.1) is 0 Å². The standard InChI is InChI=1S/C64H53N3O/c1-63(2,3)42-32-36-46(37-33-42)65(44-20-9-7-10-21-44)55-40-57-60(51-27-15-13-24-48(51)55)61-52-28-16-14-25-49(52)56(66(45-22-11-8-12-23-45)47-38-34-43(35-39-47)64(4,5)6)41-58(61)67(57)54-30-19-29-53-50-26-17-18-31-59(50)68-62(53)54/h7-41H,1-6H3. The van der Waals surface area contributed by atoms with Crippen LogP contribution in [0.15, 0.2) is 217 Å². The highest BCUT2D eigenvalue weighted by atomic mass is 16.3. The van der Waals surface area contributed by atoms with Crippen LogP contribution in [0.25, 0.3) is 71.0 Å². The number of rotatable bonds is 7. The lowest BCUT2D eigenvalue weighted by Gasteiger charge is -2.28. The van der Waals surface area contributed by atoms with Crippen molar-refractivity contribution >= 4 is 99.4 Å². The minimum Gasteiger partial charge on any atom is -0.454 e. The van der Waals surface area contributed by atoms with Crippen LogP contribution in [0.5, 0.6) is 0 Å². The third kappa shape index (κ3) is 6.74. The Morgan fingerprint density at radius 3 is 1.19 bits per heavy atom. The molecule has 0 aliphatic rings. The van der Waals surface area contributed by atoms with E-state index in [0.29, 0.717) is 0 Å². The first-order valence-corrected chi connectivity index (χ1v) is 23.8. The summed E-state index contributed by atoms with van der Waals surface area (Å²) in [5.74, 6) is 0. The van der Waals surface area contributed by atoms with E-state index < -0.39 is 0 Å². The van der Waals surface area contributed by atoms with E-state index in [1.165, 1.54) is 43.4 Å². The number of anilines is 6. The van der Waals surface area contributed by atoms with Crippen molar-refractivity contribution in [3.05, 3.63) is 223 Å². The predicted molar refractivity (Wildman–Crippen MR) is 290 cm³/mol. The van der Waals surface area contributed by atoms with Gasteiger partial charge in [0.05, 0.1) is 28.1 Å². The molecule has 12 rings (SSSR count). The van der Waals surface area contributed by atoms with E-state index in [1.807, 2.05) is 0 Å². The van der Waals surface area contributed by atoms with Gasteiger partial charge in [-0.1, -0.05) is 181 Å². The Balaban J connectivity index is 1.25. The first-order valence-electron chi connectivity index (χ1n) is 23.8. The fraction of sp³-hybridized carbons (Fsp3) is 0.125. The fourth-order valence-corrected chi connectivity index (χ4v) is 10.5. The van der Waals surface area contributed by atoms with Gasteiger partial charge in [0, 0.05) is 55.1 Å². The summed E-state index contributed by atoms with van der Waals surface area (Å²) < 4.78 is 9.43. The third-order valence-electron chi connectivity index (χ3n) is 13.9. The number of nitrogens with zero attached hydrogens (tertiary/aromatic N) is 3. The normalized spacial score (nSPS) is 12.3. The van der Waals surface area contributed by atoms with Gasteiger partial charge in [-0.25, -0.2) is 0 Å². The Morgan fingerprint density at radius 2 is 0.735 bits per heavy atom. The third-order valence-corrected chi connectivity index (χ3v) is 13.9. The molecule has 0 saturated heterocycles. The molecule has 2 aromatic heterocycles. The average Bonchev–Trinajstić information content (AvgIpc) is 3.91. The molecule has 68 heavy (non-hydrogen) atoms. The van der Waals surface area contributed by atoms with Crippen molar-refractivity contribution in [1.82, 2.24) is 4.57 Å². The molecule has 0 radical (unpaired) electrons. The Hall–Kier alpha value is -8.08. The molecule has 0 aliphatic carbocycles.